The molecule has 0 aromatic rings. The summed E-state index contributed by atoms with van der Waals surface area (Å²) < 4.78 is 5.72. The van der Waals surface area contributed by atoms with Gasteiger partial charge >= 0.3 is 0 Å². The van der Waals surface area contributed by atoms with Crippen LogP contribution in [-0.4, -0.2) is 62.8 Å². The standard InChI is InChI=1S/C15H31N3O2/c1-3-18(4-2)12-5-9-17-15(19)8-13-20-14-6-10-16-11-7-14/h14,16H,3-13H2,1-2H3,(H,17,19). The summed E-state index contributed by atoms with van der Waals surface area (Å²) in [5, 5.41) is 6.27. The zero-order chi connectivity index (χ0) is 14.6. The number of hydrogen-bond acceptors (Lipinski definition) is 4. The van der Waals surface area contributed by atoms with E-state index in [2.05, 4.69) is 29.4 Å². The van der Waals surface area contributed by atoms with Crippen molar-refractivity contribution in [1.82, 2.24) is 15.5 Å². The molecule has 1 heterocycles. The number of piperidine rings is 1. The highest BCUT2D eigenvalue weighted by atomic mass is 16.5. The average molecular weight is 285 g/mol. The van der Waals surface area contributed by atoms with Crippen LogP contribution < -0.4 is 10.6 Å². The molecule has 0 spiro atoms. The van der Waals surface area contributed by atoms with E-state index in [0.29, 0.717) is 19.1 Å². The number of amides is 1. The van der Waals surface area contributed by atoms with Gasteiger partial charge in [0.15, 0.2) is 0 Å². The second kappa shape index (κ2) is 11.1. The van der Waals surface area contributed by atoms with Gasteiger partial charge in [0, 0.05) is 13.0 Å². The Labute approximate surface area is 123 Å². The van der Waals surface area contributed by atoms with Crippen LogP contribution in [0.4, 0.5) is 0 Å². The normalized spacial score (nSPS) is 16.6. The molecule has 1 saturated heterocycles. The third kappa shape index (κ3) is 7.82. The second-order valence-corrected chi connectivity index (χ2v) is 5.30. The Kier molecular flexibility index (Phi) is 9.62. The van der Waals surface area contributed by atoms with Gasteiger partial charge < -0.3 is 20.3 Å². The smallest absolute Gasteiger partial charge is 0.222 e. The molecular formula is C15H31N3O2. The Balaban J connectivity index is 1.94. The van der Waals surface area contributed by atoms with Crippen LogP contribution in [0.3, 0.4) is 0 Å². The lowest BCUT2D eigenvalue weighted by Crippen LogP contribution is -2.34. The van der Waals surface area contributed by atoms with Crippen molar-refractivity contribution in [1.29, 1.82) is 0 Å². The zero-order valence-electron chi connectivity index (χ0n) is 13.1. The molecule has 1 amide bonds. The Bertz CT molecular complexity index is 252. The minimum Gasteiger partial charge on any atom is -0.378 e. The number of ether oxygens (including phenoxy) is 1. The van der Waals surface area contributed by atoms with Crippen LogP contribution in [0.25, 0.3) is 0 Å². The van der Waals surface area contributed by atoms with E-state index < -0.39 is 0 Å². The quantitative estimate of drug-likeness (QED) is 0.588. The van der Waals surface area contributed by atoms with Crippen molar-refractivity contribution in [2.75, 3.05) is 45.9 Å². The fourth-order valence-corrected chi connectivity index (χ4v) is 2.44. The molecule has 0 saturated carbocycles. The third-order valence-electron chi connectivity index (χ3n) is 3.84. The molecule has 2 N–H and O–H groups in total. The molecule has 0 bridgehead atoms. The van der Waals surface area contributed by atoms with E-state index in [9.17, 15) is 4.79 Å². The number of hydrogen-bond donors (Lipinski definition) is 2. The highest BCUT2D eigenvalue weighted by molar-refractivity contribution is 5.75. The molecule has 1 aliphatic rings. The highest BCUT2D eigenvalue weighted by Crippen LogP contribution is 2.07. The lowest BCUT2D eigenvalue weighted by Gasteiger charge is -2.22. The fraction of sp³-hybridized carbons (Fsp3) is 0.933. The van der Waals surface area contributed by atoms with Crippen molar-refractivity contribution in [3.63, 3.8) is 0 Å². The maximum absolute atomic E-state index is 11.7. The minimum absolute atomic E-state index is 0.110. The van der Waals surface area contributed by atoms with Crippen molar-refractivity contribution in [2.24, 2.45) is 0 Å². The molecule has 0 aromatic carbocycles. The molecule has 0 atom stereocenters. The van der Waals surface area contributed by atoms with E-state index in [-0.39, 0.29) is 5.91 Å². The van der Waals surface area contributed by atoms with E-state index in [1.165, 1.54) is 0 Å². The first-order chi connectivity index (χ1) is 9.76. The first-order valence-corrected chi connectivity index (χ1v) is 8.07. The maximum atomic E-state index is 11.7. The van der Waals surface area contributed by atoms with E-state index in [1.54, 1.807) is 0 Å². The van der Waals surface area contributed by atoms with Gasteiger partial charge in [-0.2, -0.15) is 0 Å². The van der Waals surface area contributed by atoms with Crippen molar-refractivity contribution in [2.45, 2.75) is 45.6 Å². The summed E-state index contributed by atoms with van der Waals surface area (Å²) in [5.41, 5.74) is 0. The van der Waals surface area contributed by atoms with Crippen LogP contribution in [0.1, 0.15) is 39.5 Å². The van der Waals surface area contributed by atoms with Gasteiger partial charge in [0.25, 0.3) is 0 Å². The number of nitrogens with zero attached hydrogens (tertiary/aromatic N) is 1. The van der Waals surface area contributed by atoms with Gasteiger partial charge in [0.1, 0.15) is 0 Å². The van der Waals surface area contributed by atoms with Crippen LogP contribution >= 0.6 is 0 Å². The molecule has 0 radical (unpaired) electrons. The first-order valence-electron chi connectivity index (χ1n) is 8.07. The second-order valence-electron chi connectivity index (χ2n) is 5.30. The van der Waals surface area contributed by atoms with Gasteiger partial charge in [-0.3, -0.25) is 4.79 Å². The molecule has 1 fully saturated rings. The summed E-state index contributed by atoms with van der Waals surface area (Å²) in [4.78, 5) is 14.0. The van der Waals surface area contributed by atoms with Crippen LogP contribution in [0.2, 0.25) is 0 Å². The number of carbonyl (C=O) groups excluding carboxylic acids is 1. The molecule has 0 aliphatic carbocycles. The number of carbonyl (C=O) groups is 1. The van der Waals surface area contributed by atoms with Crippen LogP contribution in [-0.2, 0) is 9.53 Å². The zero-order valence-corrected chi connectivity index (χ0v) is 13.1. The fourth-order valence-electron chi connectivity index (χ4n) is 2.44. The third-order valence-corrected chi connectivity index (χ3v) is 3.84. The molecule has 1 rings (SSSR count). The first kappa shape index (κ1) is 17.4. The molecule has 5 nitrogen and oxygen atoms in total. The van der Waals surface area contributed by atoms with Crippen LogP contribution in [0, 0.1) is 0 Å². The molecule has 1 aliphatic heterocycles. The topological polar surface area (TPSA) is 53.6 Å². The summed E-state index contributed by atoms with van der Waals surface area (Å²) in [7, 11) is 0. The maximum Gasteiger partial charge on any atom is 0.222 e. The van der Waals surface area contributed by atoms with Crippen molar-refractivity contribution < 1.29 is 9.53 Å². The van der Waals surface area contributed by atoms with Gasteiger partial charge in [-0.1, -0.05) is 13.8 Å². The van der Waals surface area contributed by atoms with E-state index >= 15 is 0 Å². The Hall–Kier alpha value is -0.650. The van der Waals surface area contributed by atoms with E-state index in [0.717, 1.165) is 58.5 Å². The van der Waals surface area contributed by atoms with Crippen LogP contribution in [0.15, 0.2) is 0 Å². The molecule has 0 aromatic heterocycles. The summed E-state index contributed by atoms with van der Waals surface area (Å²) in [6.07, 6.45) is 3.96. The number of rotatable bonds is 10. The van der Waals surface area contributed by atoms with Gasteiger partial charge in [0.05, 0.1) is 12.7 Å². The SMILES string of the molecule is CCN(CC)CCCNC(=O)CCOC1CCNCC1. The lowest BCUT2D eigenvalue weighted by molar-refractivity contribution is -0.122. The predicted molar refractivity (Wildman–Crippen MR) is 81.9 cm³/mol. The summed E-state index contributed by atoms with van der Waals surface area (Å²) >= 11 is 0. The summed E-state index contributed by atoms with van der Waals surface area (Å²) in [6, 6.07) is 0. The van der Waals surface area contributed by atoms with E-state index in [4.69, 9.17) is 4.74 Å². The van der Waals surface area contributed by atoms with Gasteiger partial charge in [-0.25, -0.2) is 0 Å². The molecular weight excluding hydrogens is 254 g/mol. The summed E-state index contributed by atoms with van der Waals surface area (Å²) in [6.45, 7) is 10.9. The Morgan fingerprint density at radius 1 is 1.30 bits per heavy atom. The summed E-state index contributed by atoms with van der Waals surface area (Å²) in [5.74, 6) is 0.110. The van der Waals surface area contributed by atoms with Crippen molar-refractivity contribution >= 4 is 5.91 Å². The van der Waals surface area contributed by atoms with E-state index in [1.807, 2.05) is 0 Å². The molecule has 5 heteroatoms. The monoisotopic (exact) mass is 285 g/mol. The van der Waals surface area contributed by atoms with Crippen molar-refractivity contribution in [3.8, 4) is 0 Å². The van der Waals surface area contributed by atoms with Crippen LogP contribution in [0.5, 0.6) is 0 Å². The average Bonchev–Trinajstić information content (AvgIpc) is 2.48. The van der Waals surface area contributed by atoms with Crippen molar-refractivity contribution in [3.05, 3.63) is 0 Å². The largest absolute Gasteiger partial charge is 0.378 e. The lowest BCUT2D eigenvalue weighted by atomic mass is 10.1. The molecule has 0 unspecified atom stereocenters. The van der Waals surface area contributed by atoms with Gasteiger partial charge in [0.2, 0.25) is 5.91 Å². The number of nitrogens with one attached hydrogen (secondary N) is 2. The van der Waals surface area contributed by atoms with Gasteiger partial charge in [-0.05, 0) is 52.0 Å². The molecule has 118 valence electrons. The van der Waals surface area contributed by atoms with Gasteiger partial charge in [-0.15, -0.1) is 0 Å². The highest BCUT2D eigenvalue weighted by Gasteiger charge is 2.13. The Morgan fingerprint density at radius 3 is 2.65 bits per heavy atom. The Morgan fingerprint density at radius 2 is 2.00 bits per heavy atom. The minimum atomic E-state index is 0.110. The molecule has 20 heavy (non-hydrogen) atoms. The predicted octanol–water partition coefficient (Wildman–Crippen LogP) is 0.993.